The Bertz CT molecular complexity index is 1710. The number of nitrogens with two attached hydrogens (primary N) is 1. The Morgan fingerprint density at radius 2 is 1.04 bits per heavy atom. The van der Waals surface area contributed by atoms with E-state index < -0.39 is 71.6 Å². The van der Waals surface area contributed by atoms with Crippen molar-refractivity contribution in [2.75, 3.05) is 0 Å². The fourth-order valence-corrected chi connectivity index (χ4v) is 5.40. The summed E-state index contributed by atoms with van der Waals surface area (Å²) in [5.74, 6) is -4.44. The number of hydrogen-bond donors (Lipinski definition) is 8. The molecule has 0 fully saturated rings. The highest BCUT2D eigenvalue weighted by atomic mass is 16.3. The molecule has 0 aliphatic heterocycles. The normalized spacial score (nSPS) is 13.9. The number of benzene rings is 3. The fraction of sp³-hybridized carbons (Fsp3) is 0.385. The minimum atomic E-state index is -1.22. The predicted molar refractivity (Wildman–Crippen MR) is 198 cm³/mol. The highest BCUT2D eigenvalue weighted by Gasteiger charge is 2.33. The first-order valence-corrected chi connectivity index (χ1v) is 17.5. The van der Waals surface area contributed by atoms with E-state index in [4.69, 9.17) is 5.73 Å². The van der Waals surface area contributed by atoms with Crippen LogP contribution in [0.5, 0.6) is 11.5 Å². The molecule has 53 heavy (non-hydrogen) atoms. The first-order valence-electron chi connectivity index (χ1n) is 17.5. The van der Waals surface area contributed by atoms with E-state index in [1.165, 1.54) is 43.3 Å². The van der Waals surface area contributed by atoms with Crippen LogP contribution in [0, 0.1) is 11.8 Å². The van der Waals surface area contributed by atoms with E-state index in [1.807, 2.05) is 13.8 Å². The Hall–Kier alpha value is -5.92. The van der Waals surface area contributed by atoms with Gasteiger partial charge in [-0.25, -0.2) is 0 Å². The summed E-state index contributed by atoms with van der Waals surface area (Å²) < 4.78 is 0. The molecule has 0 heterocycles. The van der Waals surface area contributed by atoms with Crippen LogP contribution < -0.4 is 32.3 Å². The van der Waals surface area contributed by atoms with Crippen LogP contribution in [-0.2, 0) is 36.8 Å². The summed E-state index contributed by atoms with van der Waals surface area (Å²) in [5, 5.41) is 32.8. The van der Waals surface area contributed by atoms with Crippen molar-refractivity contribution < 1.29 is 39.0 Å². The summed E-state index contributed by atoms with van der Waals surface area (Å²) in [7, 11) is 0. The summed E-state index contributed by atoms with van der Waals surface area (Å²) in [4.78, 5) is 79.7. The third-order valence-electron chi connectivity index (χ3n) is 8.42. The first kappa shape index (κ1) is 41.5. The van der Waals surface area contributed by atoms with Gasteiger partial charge >= 0.3 is 0 Å². The lowest BCUT2D eigenvalue weighted by Crippen LogP contribution is -2.60. The van der Waals surface area contributed by atoms with Crippen molar-refractivity contribution in [2.24, 2.45) is 17.6 Å². The summed E-state index contributed by atoms with van der Waals surface area (Å²) in [6.07, 6.45) is 0.272. The quantitative estimate of drug-likeness (QED) is 0.0961. The molecule has 0 unspecified atom stereocenters. The molecule has 3 rings (SSSR count). The Morgan fingerprint density at radius 1 is 0.566 bits per heavy atom. The molecule has 0 radical (unpaired) electrons. The molecule has 0 bridgehead atoms. The van der Waals surface area contributed by atoms with Gasteiger partial charge < -0.3 is 42.5 Å². The van der Waals surface area contributed by atoms with E-state index in [-0.39, 0.29) is 42.2 Å². The monoisotopic (exact) mass is 730 g/mol. The van der Waals surface area contributed by atoms with Gasteiger partial charge in [-0.1, -0.05) is 70.2 Å². The van der Waals surface area contributed by atoms with Crippen molar-refractivity contribution in [3.05, 3.63) is 95.6 Å². The van der Waals surface area contributed by atoms with Gasteiger partial charge in [-0.3, -0.25) is 28.8 Å². The number of carbonyl (C=O) groups is 6. The van der Waals surface area contributed by atoms with Gasteiger partial charge in [0, 0.05) is 18.4 Å². The van der Waals surface area contributed by atoms with Gasteiger partial charge in [-0.15, -0.1) is 0 Å². The van der Waals surface area contributed by atoms with Gasteiger partial charge in [0.15, 0.2) is 0 Å². The van der Waals surface area contributed by atoms with Crippen molar-refractivity contribution >= 4 is 35.4 Å². The standard InChI is InChI=1S/C39H50N6O8/c1-22(2)19-30(42-35(49)27-13-17-29(47)18-14-27)38(52)45-33(23(3)4)39(53)44-32(20-25-9-7-6-8-10-25)37(51)43-31(36(50)41-24(5)34(40)48)21-26-11-15-28(46)16-12-26/h6-18,22-24,30-33,46-47H,19-21H2,1-5H3,(H2,40,48)(H,41,50)(H,42,49)(H,43,51)(H,44,53)(H,45,52)/t24-,30-,31-,32-,33-/m1/s1. The van der Waals surface area contributed by atoms with Crippen LogP contribution in [0.4, 0.5) is 0 Å². The zero-order chi connectivity index (χ0) is 39.2. The largest absolute Gasteiger partial charge is 0.508 e. The lowest BCUT2D eigenvalue weighted by atomic mass is 9.98. The summed E-state index contributed by atoms with van der Waals surface area (Å²) >= 11 is 0. The number of phenols is 2. The molecule has 0 aliphatic carbocycles. The van der Waals surface area contributed by atoms with E-state index in [1.54, 1.807) is 56.3 Å². The molecule has 0 aliphatic rings. The van der Waals surface area contributed by atoms with E-state index in [9.17, 15) is 39.0 Å². The van der Waals surface area contributed by atoms with Gasteiger partial charge in [0.25, 0.3) is 5.91 Å². The maximum Gasteiger partial charge on any atom is 0.251 e. The molecule has 14 nitrogen and oxygen atoms in total. The third kappa shape index (κ3) is 13.3. The smallest absolute Gasteiger partial charge is 0.251 e. The topological polar surface area (TPSA) is 229 Å². The average Bonchev–Trinajstić information content (AvgIpc) is 3.10. The third-order valence-corrected chi connectivity index (χ3v) is 8.42. The second-order valence-electron chi connectivity index (χ2n) is 13.7. The molecular formula is C39H50N6O8. The predicted octanol–water partition coefficient (Wildman–Crippen LogP) is 1.83. The highest BCUT2D eigenvalue weighted by Crippen LogP contribution is 2.15. The molecule has 0 spiro atoms. The molecule has 14 heteroatoms. The number of nitrogens with one attached hydrogen (secondary N) is 5. The molecule has 0 saturated carbocycles. The van der Waals surface area contributed by atoms with Gasteiger partial charge in [0.05, 0.1) is 0 Å². The van der Waals surface area contributed by atoms with E-state index in [0.717, 1.165) is 0 Å². The minimum Gasteiger partial charge on any atom is -0.508 e. The number of hydrogen-bond acceptors (Lipinski definition) is 8. The SMILES string of the molecule is CC(C)C[C@@H](NC(=O)c1ccc(O)cc1)C(=O)N[C@@H](C(=O)N[C@H](Cc1ccccc1)C(=O)N[C@H](Cc1ccc(O)cc1)C(=O)N[C@H](C)C(N)=O)C(C)C. The average molecular weight is 731 g/mol. The second-order valence-corrected chi connectivity index (χ2v) is 13.7. The molecular weight excluding hydrogens is 680 g/mol. The molecule has 3 aromatic carbocycles. The molecule has 9 N–H and O–H groups in total. The Kier molecular flexibility index (Phi) is 15.4. The molecule has 0 saturated heterocycles. The maximum atomic E-state index is 14.0. The van der Waals surface area contributed by atoms with Crippen molar-refractivity contribution in [3.63, 3.8) is 0 Å². The lowest BCUT2D eigenvalue weighted by molar-refractivity contribution is -0.135. The molecule has 284 valence electrons. The number of primary amides is 1. The number of carbonyl (C=O) groups excluding carboxylic acids is 6. The lowest BCUT2D eigenvalue weighted by Gasteiger charge is -2.29. The minimum absolute atomic E-state index is 0.00572. The van der Waals surface area contributed by atoms with E-state index in [2.05, 4.69) is 26.6 Å². The van der Waals surface area contributed by atoms with Crippen LogP contribution in [0.2, 0.25) is 0 Å². The molecule has 0 aromatic heterocycles. The van der Waals surface area contributed by atoms with Crippen molar-refractivity contribution in [3.8, 4) is 11.5 Å². The van der Waals surface area contributed by atoms with Crippen molar-refractivity contribution in [2.45, 2.75) is 84.1 Å². The molecule has 5 atom stereocenters. The van der Waals surface area contributed by atoms with Crippen molar-refractivity contribution in [1.29, 1.82) is 0 Å². The summed E-state index contributed by atoms with van der Waals surface area (Å²) in [5.41, 5.74) is 6.88. The van der Waals surface area contributed by atoms with E-state index >= 15 is 0 Å². The van der Waals surface area contributed by atoms with E-state index in [0.29, 0.717) is 11.1 Å². The molecule has 6 amide bonds. The fourth-order valence-electron chi connectivity index (χ4n) is 5.40. The Balaban J connectivity index is 1.86. The van der Waals surface area contributed by atoms with Crippen LogP contribution in [-0.4, -0.2) is 75.9 Å². The number of phenolic OH excluding ortho intramolecular Hbond substituents is 2. The van der Waals surface area contributed by atoms with Crippen LogP contribution in [0.3, 0.4) is 0 Å². The van der Waals surface area contributed by atoms with Gasteiger partial charge in [0.2, 0.25) is 29.5 Å². The number of rotatable bonds is 18. The van der Waals surface area contributed by atoms with Gasteiger partial charge in [-0.05, 0) is 72.7 Å². The summed E-state index contributed by atoms with van der Waals surface area (Å²) in [6.45, 7) is 8.62. The number of amides is 6. The van der Waals surface area contributed by atoms with Crippen LogP contribution in [0.1, 0.15) is 62.5 Å². The Labute approximate surface area is 309 Å². The van der Waals surface area contributed by atoms with Crippen molar-refractivity contribution in [1.82, 2.24) is 26.6 Å². The van der Waals surface area contributed by atoms with Crippen LogP contribution in [0.25, 0.3) is 0 Å². The number of aromatic hydroxyl groups is 2. The highest BCUT2D eigenvalue weighted by molar-refractivity contribution is 5.99. The van der Waals surface area contributed by atoms with Crippen LogP contribution >= 0.6 is 0 Å². The zero-order valence-electron chi connectivity index (χ0n) is 30.6. The Morgan fingerprint density at radius 3 is 1.55 bits per heavy atom. The van der Waals surface area contributed by atoms with Gasteiger partial charge in [-0.2, -0.15) is 0 Å². The summed E-state index contributed by atoms with van der Waals surface area (Å²) in [6, 6.07) is 14.9. The van der Waals surface area contributed by atoms with Gasteiger partial charge in [0.1, 0.15) is 41.7 Å². The first-order chi connectivity index (χ1) is 25.0. The van der Waals surface area contributed by atoms with Crippen LogP contribution in [0.15, 0.2) is 78.9 Å². The maximum absolute atomic E-state index is 14.0. The zero-order valence-corrected chi connectivity index (χ0v) is 30.6. The molecule has 3 aromatic rings. The second kappa shape index (κ2) is 19.6.